The number of sulfone groups is 1. The Morgan fingerprint density at radius 3 is 2.36 bits per heavy atom. The summed E-state index contributed by atoms with van der Waals surface area (Å²) in [4.78, 5) is 6.86. The van der Waals surface area contributed by atoms with Crippen LogP contribution in [-0.2, 0) is 26.4 Å². The first-order valence-electron chi connectivity index (χ1n) is 10.9. The van der Waals surface area contributed by atoms with Crippen LogP contribution in [-0.4, -0.2) is 73.6 Å². The highest BCUT2D eigenvalue weighted by atomic mass is 32.2. The average Bonchev–Trinajstić information content (AvgIpc) is 3.36. The van der Waals surface area contributed by atoms with Crippen molar-refractivity contribution >= 4 is 36.8 Å². The number of hydrogen-bond acceptors (Lipinski definition) is 6. The minimum atomic E-state index is -3.66. The first kappa shape index (κ1) is 22.3. The summed E-state index contributed by atoms with van der Waals surface area (Å²) in [5.41, 5.74) is 2.72. The van der Waals surface area contributed by atoms with Crippen molar-refractivity contribution < 1.29 is 21.2 Å². The van der Waals surface area contributed by atoms with E-state index >= 15 is 0 Å². The van der Waals surface area contributed by atoms with Crippen molar-refractivity contribution in [3.05, 3.63) is 59.9 Å². The summed E-state index contributed by atoms with van der Waals surface area (Å²) >= 11 is 0. The number of sulfonamides is 1. The zero-order valence-electron chi connectivity index (χ0n) is 18.0. The number of fused-ring (bicyclic) bond motifs is 1. The third-order valence-corrected chi connectivity index (χ3v) is 10.7. The van der Waals surface area contributed by atoms with Gasteiger partial charge in [0.2, 0.25) is 16.0 Å². The van der Waals surface area contributed by atoms with E-state index in [0.29, 0.717) is 19.6 Å². The van der Waals surface area contributed by atoms with Crippen LogP contribution in [0.5, 0.6) is 0 Å². The molecule has 3 aromatic rings. The van der Waals surface area contributed by atoms with Gasteiger partial charge in [0.25, 0.3) is 0 Å². The van der Waals surface area contributed by atoms with Crippen LogP contribution in [0.1, 0.15) is 12.0 Å². The fourth-order valence-electron chi connectivity index (χ4n) is 4.58. The van der Waals surface area contributed by atoms with E-state index < -0.39 is 25.1 Å². The highest BCUT2D eigenvalue weighted by Crippen LogP contribution is 2.27. The van der Waals surface area contributed by atoms with E-state index in [4.69, 9.17) is 4.98 Å². The molecular formula is C22H25FN4O4S2. The minimum absolute atomic E-state index is 0.0652. The summed E-state index contributed by atoms with van der Waals surface area (Å²) in [5.74, 6) is 0.0932. The zero-order chi connectivity index (χ0) is 23.2. The number of anilines is 1. The molecule has 2 aromatic carbocycles. The van der Waals surface area contributed by atoms with Gasteiger partial charge in [-0.05, 0) is 36.2 Å². The van der Waals surface area contributed by atoms with E-state index in [1.807, 2.05) is 24.3 Å². The number of para-hydroxylation sites is 2. The molecule has 0 bridgehead atoms. The topological polar surface area (TPSA) is 92.6 Å². The SMILES string of the molecule is O=S1(=O)CCC(S(=O)(=O)N2CCN(c3nc4ccccc4n3Cc3ccc(F)cc3)CC2)C1. The Bertz CT molecular complexity index is 1380. The van der Waals surface area contributed by atoms with E-state index in [1.54, 1.807) is 12.1 Å². The van der Waals surface area contributed by atoms with Crippen molar-refractivity contribution in [1.29, 1.82) is 0 Å². The molecule has 2 aliphatic rings. The quantitative estimate of drug-likeness (QED) is 0.540. The second-order valence-electron chi connectivity index (χ2n) is 8.57. The summed E-state index contributed by atoms with van der Waals surface area (Å²) < 4.78 is 66.4. The maximum atomic E-state index is 13.4. The molecule has 1 atom stereocenters. The standard InChI is InChI=1S/C22H25FN4O4S2/c23-18-7-5-17(6-8-18)15-27-21-4-2-1-3-20(21)24-22(27)25-10-12-26(13-11-25)33(30,31)19-9-14-32(28,29)16-19/h1-8,19H,9-16H2. The van der Waals surface area contributed by atoms with E-state index in [-0.39, 0.29) is 36.8 Å². The summed E-state index contributed by atoms with van der Waals surface area (Å²) in [6.07, 6.45) is 0.165. The molecular weight excluding hydrogens is 467 g/mol. The van der Waals surface area contributed by atoms with Crippen molar-refractivity contribution in [2.75, 3.05) is 42.6 Å². The molecule has 1 aromatic heterocycles. The minimum Gasteiger partial charge on any atom is -0.340 e. The van der Waals surface area contributed by atoms with Crippen LogP contribution in [0.15, 0.2) is 48.5 Å². The molecule has 0 radical (unpaired) electrons. The molecule has 2 aliphatic heterocycles. The number of halogens is 1. The van der Waals surface area contributed by atoms with Crippen molar-refractivity contribution in [1.82, 2.24) is 13.9 Å². The zero-order valence-corrected chi connectivity index (χ0v) is 19.6. The predicted molar refractivity (Wildman–Crippen MR) is 125 cm³/mol. The number of benzene rings is 2. The van der Waals surface area contributed by atoms with Crippen LogP contribution >= 0.6 is 0 Å². The smallest absolute Gasteiger partial charge is 0.218 e. The van der Waals surface area contributed by atoms with Gasteiger partial charge in [-0.3, -0.25) is 0 Å². The van der Waals surface area contributed by atoms with Gasteiger partial charge in [-0.25, -0.2) is 26.2 Å². The van der Waals surface area contributed by atoms with Gasteiger partial charge in [-0.1, -0.05) is 24.3 Å². The molecule has 1 unspecified atom stereocenters. The summed E-state index contributed by atoms with van der Waals surface area (Å²) in [6, 6.07) is 14.1. The summed E-state index contributed by atoms with van der Waals surface area (Å²) in [6.45, 7) is 1.96. The molecule has 11 heteroatoms. The van der Waals surface area contributed by atoms with Gasteiger partial charge in [0.15, 0.2) is 9.84 Å². The molecule has 8 nitrogen and oxygen atoms in total. The molecule has 0 saturated carbocycles. The lowest BCUT2D eigenvalue weighted by Crippen LogP contribution is -2.52. The monoisotopic (exact) mass is 492 g/mol. The predicted octanol–water partition coefficient (Wildman–Crippen LogP) is 1.86. The number of hydrogen-bond donors (Lipinski definition) is 0. The number of rotatable bonds is 5. The Labute approximate surface area is 192 Å². The lowest BCUT2D eigenvalue weighted by molar-refractivity contribution is 0.376. The largest absolute Gasteiger partial charge is 0.340 e. The van der Waals surface area contributed by atoms with Crippen LogP contribution in [0.3, 0.4) is 0 Å². The number of piperazine rings is 1. The van der Waals surface area contributed by atoms with Crippen LogP contribution in [0.4, 0.5) is 10.3 Å². The highest BCUT2D eigenvalue weighted by molar-refractivity contribution is 7.95. The number of imidazole rings is 1. The number of aromatic nitrogens is 2. The summed E-state index contributed by atoms with van der Waals surface area (Å²) in [5, 5.41) is -0.850. The Morgan fingerprint density at radius 1 is 1.00 bits per heavy atom. The van der Waals surface area contributed by atoms with Gasteiger partial charge in [-0.2, -0.15) is 4.31 Å². The van der Waals surface area contributed by atoms with Crippen molar-refractivity contribution in [3.63, 3.8) is 0 Å². The van der Waals surface area contributed by atoms with Crippen molar-refractivity contribution in [2.24, 2.45) is 0 Å². The Hall–Kier alpha value is -2.50. The van der Waals surface area contributed by atoms with Gasteiger partial charge in [0.05, 0.1) is 34.3 Å². The molecule has 2 fully saturated rings. The molecule has 3 heterocycles. The van der Waals surface area contributed by atoms with E-state index in [0.717, 1.165) is 22.5 Å². The van der Waals surface area contributed by atoms with Gasteiger partial charge < -0.3 is 9.47 Å². The van der Waals surface area contributed by atoms with Crippen LogP contribution in [0.25, 0.3) is 11.0 Å². The maximum Gasteiger partial charge on any atom is 0.218 e. The molecule has 0 N–H and O–H groups in total. The second kappa shape index (κ2) is 8.37. The molecule has 2 saturated heterocycles. The molecule has 0 aliphatic carbocycles. The first-order valence-corrected chi connectivity index (χ1v) is 14.2. The molecule has 0 amide bonds. The summed E-state index contributed by atoms with van der Waals surface area (Å²) in [7, 11) is -6.94. The van der Waals surface area contributed by atoms with Crippen LogP contribution in [0.2, 0.25) is 0 Å². The molecule has 5 rings (SSSR count). The lowest BCUT2D eigenvalue weighted by atomic mass is 10.2. The number of nitrogens with zero attached hydrogens (tertiary/aromatic N) is 4. The van der Waals surface area contributed by atoms with Crippen molar-refractivity contribution in [3.8, 4) is 0 Å². The second-order valence-corrected chi connectivity index (χ2v) is 13.0. The van der Waals surface area contributed by atoms with E-state index in [1.165, 1.54) is 16.4 Å². The molecule has 176 valence electrons. The maximum absolute atomic E-state index is 13.4. The van der Waals surface area contributed by atoms with E-state index in [9.17, 15) is 21.2 Å². The van der Waals surface area contributed by atoms with E-state index in [2.05, 4.69) is 9.47 Å². The van der Waals surface area contributed by atoms with Crippen molar-refractivity contribution in [2.45, 2.75) is 18.2 Å². The Balaban J connectivity index is 1.38. The fraction of sp³-hybridized carbons (Fsp3) is 0.409. The molecule has 33 heavy (non-hydrogen) atoms. The van der Waals surface area contributed by atoms with Crippen LogP contribution < -0.4 is 4.90 Å². The average molecular weight is 493 g/mol. The van der Waals surface area contributed by atoms with Gasteiger partial charge >= 0.3 is 0 Å². The highest BCUT2D eigenvalue weighted by Gasteiger charge is 2.41. The van der Waals surface area contributed by atoms with Crippen LogP contribution in [0, 0.1) is 5.82 Å². The Morgan fingerprint density at radius 2 is 1.70 bits per heavy atom. The Kier molecular flexibility index (Phi) is 5.66. The fourth-order valence-corrected chi connectivity index (χ4v) is 9.09. The normalized spacial score (nSPS) is 21.6. The van der Waals surface area contributed by atoms with Gasteiger partial charge in [-0.15, -0.1) is 0 Å². The van der Waals surface area contributed by atoms with Gasteiger partial charge in [0, 0.05) is 26.2 Å². The van der Waals surface area contributed by atoms with Gasteiger partial charge in [0.1, 0.15) is 5.82 Å². The molecule has 0 spiro atoms. The third kappa shape index (κ3) is 4.36. The lowest BCUT2D eigenvalue weighted by Gasteiger charge is -2.35. The first-order chi connectivity index (χ1) is 15.7. The third-order valence-electron chi connectivity index (χ3n) is 6.38.